The van der Waals surface area contributed by atoms with Gasteiger partial charge in [0.05, 0.1) is 0 Å². The Morgan fingerprint density at radius 2 is 2.11 bits per heavy atom. The molecule has 0 amide bonds. The van der Waals surface area contributed by atoms with Crippen molar-refractivity contribution in [1.82, 2.24) is 0 Å². The molecule has 2 saturated carbocycles. The Kier molecular flexibility index (Phi) is 1.81. The summed E-state index contributed by atoms with van der Waals surface area (Å²) in [6.07, 6.45) is 6.24. The summed E-state index contributed by atoms with van der Waals surface area (Å²) in [4.78, 5) is 0. The van der Waals surface area contributed by atoms with Gasteiger partial charge in [0, 0.05) is 0 Å². The summed E-state index contributed by atoms with van der Waals surface area (Å²) in [5.74, 6) is 2.29. The zero-order chi connectivity index (χ0) is 6.27. The first-order valence-electron chi connectivity index (χ1n) is 3.86. The molecule has 9 heavy (non-hydrogen) atoms. The van der Waals surface area contributed by atoms with Gasteiger partial charge in [0.2, 0.25) is 0 Å². The summed E-state index contributed by atoms with van der Waals surface area (Å²) >= 11 is 0. The minimum absolute atomic E-state index is 1.12. The highest BCUT2D eigenvalue weighted by molar-refractivity contribution is 8.03. The van der Waals surface area contributed by atoms with Crippen LogP contribution in [0.1, 0.15) is 25.7 Å². The summed E-state index contributed by atoms with van der Waals surface area (Å²) in [5.41, 5.74) is 1.12. The number of fused-ring (bicyclic) bond motifs is 2. The van der Waals surface area contributed by atoms with Crippen LogP contribution in [0.25, 0.3) is 0 Å². The predicted octanol–water partition coefficient (Wildman–Crippen LogP) is 2.64. The second-order valence-electron chi connectivity index (χ2n) is 3.45. The zero-order valence-corrected chi connectivity index (χ0v) is 7.79. The van der Waals surface area contributed by atoms with Crippen molar-refractivity contribution in [2.75, 3.05) is 0 Å². The summed E-state index contributed by atoms with van der Waals surface area (Å²) in [6.45, 7) is 0. The lowest BCUT2D eigenvalue weighted by atomic mass is 10.0. The van der Waals surface area contributed by atoms with E-state index >= 15 is 0 Å². The summed E-state index contributed by atoms with van der Waals surface area (Å²) in [5, 5.41) is 0. The van der Waals surface area contributed by atoms with Crippen molar-refractivity contribution in [1.29, 1.82) is 0 Å². The Balaban J connectivity index is 2.01. The van der Waals surface area contributed by atoms with Crippen molar-refractivity contribution >= 4 is 17.2 Å². The number of rotatable bonds is 1. The van der Waals surface area contributed by atoms with Gasteiger partial charge in [-0.1, -0.05) is 14.7 Å². The Morgan fingerprint density at radius 3 is 2.44 bits per heavy atom. The molecule has 2 heteroatoms. The maximum absolute atomic E-state index is 2.92. The van der Waals surface area contributed by atoms with Crippen molar-refractivity contribution in [2.24, 2.45) is 11.8 Å². The van der Waals surface area contributed by atoms with Crippen molar-refractivity contribution in [2.45, 2.75) is 31.3 Å². The average Bonchev–Trinajstić information content (AvgIpc) is 2.45. The maximum Gasteiger partial charge on any atom is -0.0171 e. The quantitative estimate of drug-likeness (QED) is 0.517. The molecule has 2 bridgehead atoms. The highest BCUT2D eigenvalue weighted by atomic mass is 32.0. The third kappa shape index (κ3) is 1.06. The van der Waals surface area contributed by atoms with Crippen LogP contribution in [-0.2, 0) is 0 Å². The van der Waals surface area contributed by atoms with Crippen LogP contribution in [0.4, 0.5) is 0 Å². The molecule has 5 unspecified atom stereocenters. The van der Waals surface area contributed by atoms with Crippen LogP contribution in [0.15, 0.2) is 0 Å². The average molecular weight is 160 g/mol. The fourth-order valence-corrected chi connectivity index (χ4v) is 4.72. The SMILES string of the molecule is PPC1CC2CCC1C2. The van der Waals surface area contributed by atoms with Crippen LogP contribution >= 0.6 is 17.2 Å². The Morgan fingerprint density at radius 1 is 1.22 bits per heavy atom. The minimum atomic E-state index is 1.12. The molecule has 0 N–H and O–H groups in total. The predicted molar refractivity (Wildman–Crippen MR) is 47.3 cm³/mol. The van der Waals surface area contributed by atoms with Crippen LogP contribution < -0.4 is 0 Å². The number of hydrogen-bond donors (Lipinski definition) is 0. The molecule has 0 heterocycles. The number of hydrogen-bond acceptors (Lipinski definition) is 0. The molecule has 2 rings (SSSR count). The highest BCUT2D eigenvalue weighted by Crippen LogP contribution is 2.53. The molecule has 0 saturated heterocycles. The van der Waals surface area contributed by atoms with Gasteiger partial charge in [-0.2, -0.15) is 0 Å². The fourth-order valence-electron chi connectivity index (χ4n) is 2.45. The van der Waals surface area contributed by atoms with Crippen molar-refractivity contribution in [3.05, 3.63) is 0 Å². The Labute approximate surface area is 61.1 Å². The van der Waals surface area contributed by atoms with Crippen LogP contribution in [0.2, 0.25) is 0 Å². The van der Waals surface area contributed by atoms with E-state index in [1.807, 2.05) is 0 Å². The molecule has 2 aliphatic rings. The first-order valence-corrected chi connectivity index (χ1v) is 6.75. The maximum atomic E-state index is 2.92. The molecule has 0 aliphatic heterocycles. The topological polar surface area (TPSA) is 0 Å². The smallest absolute Gasteiger partial charge is 0.0171 e. The van der Waals surface area contributed by atoms with Gasteiger partial charge >= 0.3 is 0 Å². The monoisotopic (exact) mass is 160 g/mol. The third-order valence-electron chi connectivity index (χ3n) is 2.95. The van der Waals surface area contributed by atoms with Crippen LogP contribution in [0.3, 0.4) is 0 Å². The molecular formula is C7H14P2. The zero-order valence-electron chi connectivity index (χ0n) is 5.64. The Hall–Kier alpha value is 0.860. The largest absolute Gasteiger partial charge is 0.114 e. The van der Waals surface area contributed by atoms with E-state index in [4.69, 9.17) is 0 Å². The van der Waals surface area contributed by atoms with E-state index in [0.29, 0.717) is 0 Å². The molecule has 0 aromatic carbocycles. The van der Waals surface area contributed by atoms with E-state index in [2.05, 4.69) is 8.93 Å². The minimum Gasteiger partial charge on any atom is -0.114 e. The van der Waals surface area contributed by atoms with Gasteiger partial charge in [-0.05, 0) is 36.8 Å². The second-order valence-corrected chi connectivity index (χ2v) is 5.52. The Bertz CT molecular complexity index is 113. The molecule has 2 aliphatic carbocycles. The summed E-state index contributed by atoms with van der Waals surface area (Å²) in [6, 6.07) is 0. The normalized spacial score (nSPS) is 49.7. The first-order chi connectivity index (χ1) is 4.40. The molecule has 2 fully saturated rings. The lowest BCUT2D eigenvalue weighted by Gasteiger charge is -2.18. The molecule has 0 radical (unpaired) electrons. The molecule has 0 aromatic heterocycles. The van der Waals surface area contributed by atoms with Gasteiger partial charge in [-0.15, -0.1) is 8.93 Å². The van der Waals surface area contributed by atoms with E-state index in [-0.39, 0.29) is 0 Å². The van der Waals surface area contributed by atoms with Crippen LogP contribution in [0, 0.1) is 11.8 Å². The van der Waals surface area contributed by atoms with Gasteiger partial charge < -0.3 is 0 Å². The van der Waals surface area contributed by atoms with E-state index in [1.54, 1.807) is 25.7 Å². The first kappa shape index (κ1) is 6.56. The summed E-state index contributed by atoms with van der Waals surface area (Å²) < 4.78 is 0. The van der Waals surface area contributed by atoms with Crippen molar-refractivity contribution in [3.63, 3.8) is 0 Å². The lowest BCUT2D eigenvalue weighted by Crippen LogP contribution is -2.08. The van der Waals surface area contributed by atoms with Gasteiger partial charge in [0.25, 0.3) is 0 Å². The molecule has 0 aromatic rings. The third-order valence-corrected chi connectivity index (χ3v) is 5.37. The van der Waals surface area contributed by atoms with E-state index in [0.717, 1.165) is 25.8 Å². The van der Waals surface area contributed by atoms with Gasteiger partial charge in [-0.25, -0.2) is 0 Å². The van der Waals surface area contributed by atoms with E-state index in [9.17, 15) is 0 Å². The molecule has 0 spiro atoms. The molecule has 52 valence electrons. The summed E-state index contributed by atoms with van der Waals surface area (Å²) in [7, 11) is 4.07. The lowest BCUT2D eigenvalue weighted by molar-refractivity contribution is 0.491. The standard InChI is InChI=1S/C7H14P2/c8-9-7-4-5-1-2-6(7)3-5/h5-7,9H,1-4,8H2. The van der Waals surface area contributed by atoms with Crippen molar-refractivity contribution < 1.29 is 0 Å². The van der Waals surface area contributed by atoms with E-state index < -0.39 is 0 Å². The molecular weight excluding hydrogens is 146 g/mol. The van der Waals surface area contributed by atoms with Gasteiger partial charge in [0.1, 0.15) is 0 Å². The highest BCUT2D eigenvalue weighted by Gasteiger charge is 2.38. The van der Waals surface area contributed by atoms with Gasteiger partial charge in [0.15, 0.2) is 0 Å². The fraction of sp³-hybridized carbons (Fsp3) is 1.00. The van der Waals surface area contributed by atoms with Gasteiger partial charge in [-0.3, -0.25) is 0 Å². The molecule has 5 atom stereocenters. The second kappa shape index (κ2) is 2.48. The van der Waals surface area contributed by atoms with Crippen LogP contribution in [-0.4, -0.2) is 5.66 Å². The van der Waals surface area contributed by atoms with Crippen molar-refractivity contribution in [3.8, 4) is 0 Å². The van der Waals surface area contributed by atoms with E-state index in [1.165, 1.54) is 0 Å². The molecule has 0 nitrogen and oxygen atoms in total. The van der Waals surface area contributed by atoms with Crippen LogP contribution in [0.5, 0.6) is 0 Å².